The Morgan fingerprint density at radius 3 is 2.41 bits per heavy atom. The van der Waals surface area contributed by atoms with Crippen LogP contribution in [0.4, 0.5) is 0 Å². The zero-order chi connectivity index (χ0) is 11.5. The quantitative estimate of drug-likeness (QED) is 0.668. The number of nitrogens with zero attached hydrogens (tertiary/aromatic N) is 4. The summed E-state index contributed by atoms with van der Waals surface area (Å²) in [4.78, 5) is 0. The first-order valence-corrected chi connectivity index (χ1v) is 5.32. The maximum absolute atomic E-state index is 3.88. The van der Waals surface area contributed by atoms with E-state index in [9.17, 15) is 0 Å². The third-order valence-electron chi connectivity index (χ3n) is 2.57. The van der Waals surface area contributed by atoms with Crippen molar-refractivity contribution in [3.8, 4) is 16.8 Å². The minimum Gasteiger partial charge on any atom is -0.201 e. The van der Waals surface area contributed by atoms with Crippen LogP contribution in [0.25, 0.3) is 16.8 Å². The summed E-state index contributed by atoms with van der Waals surface area (Å²) in [5, 5.41) is 11.1. The smallest absolute Gasteiger partial charge is 0.143 e. The highest BCUT2D eigenvalue weighted by Crippen LogP contribution is 2.20. The average Bonchev–Trinajstić information content (AvgIpc) is 2.94. The van der Waals surface area contributed by atoms with Gasteiger partial charge in [0.2, 0.25) is 0 Å². The normalized spacial score (nSPS) is 10.4. The van der Waals surface area contributed by atoms with Gasteiger partial charge in [0.05, 0.1) is 5.69 Å². The fourth-order valence-corrected chi connectivity index (χ4v) is 1.74. The molecule has 0 radical (unpaired) electrons. The van der Waals surface area contributed by atoms with Gasteiger partial charge in [-0.05, 0) is 33.7 Å². The van der Waals surface area contributed by atoms with Gasteiger partial charge >= 0.3 is 0 Å². The van der Waals surface area contributed by atoms with Gasteiger partial charge in [0.15, 0.2) is 0 Å². The summed E-state index contributed by atoms with van der Waals surface area (Å²) in [5.41, 5.74) is 3.29. The van der Waals surface area contributed by atoms with Crippen LogP contribution in [0.3, 0.4) is 0 Å². The molecule has 17 heavy (non-hydrogen) atoms. The first-order chi connectivity index (χ1) is 8.43. The van der Waals surface area contributed by atoms with Crippen molar-refractivity contribution in [2.75, 3.05) is 0 Å². The second-order valence-electron chi connectivity index (χ2n) is 3.67. The number of hydrogen-bond acceptors (Lipinski definition) is 3. The summed E-state index contributed by atoms with van der Waals surface area (Å²) in [6.07, 6.45) is 1.59. The zero-order valence-corrected chi connectivity index (χ0v) is 9.06. The molecule has 0 spiro atoms. The predicted molar refractivity (Wildman–Crippen MR) is 64.6 cm³/mol. The van der Waals surface area contributed by atoms with Gasteiger partial charge in [-0.15, -0.1) is 5.10 Å². The van der Waals surface area contributed by atoms with Gasteiger partial charge in [-0.2, -0.15) is 0 Å². The van der Waals surface area contributed by atoms with Crippen molar-refractivity contribution in [1.29, 1.82) is 0 Å². The molecule has 0 saturated heterocycles. The first kappa shape index (κ1) is 9.72. The molecule has 0 N–H and O–H groups in total. The average molecular weight is 222 g/mol. The van der Waals surface area contributed by atoms with Gasteiger partial charge in [-0.3, -0.25) is 0 Å². The van der Waals surface area contributed by atoms with Crippen LogP contribution < -0.4 is 0 Å². The number of benzene rings is 2. The minimum absolute atomic E-state index is 0.955. The molecule has 82 valence electrons. The Balaban J connectivity index is 2.06. The molecule has 0 fully saturated rings. The van der Waals surface area contributed by atoms with Crippen LogP contribution in [0.5, 0.6) is 0 Å². The minimum atomic E-state index is 0.955. The lowest BCUT2D eigenvalue weighted by Gasteiger charge is -2.04. The predicted octanol–water partition coefficient (Wildman–Crippen LogP) is 2.33. The second-order valence-corrected chi connectivity index (χ2v) is 3.67. The standard InChI is InChI=1S/C13H10N4/c1-2-5-11(6-3-1)12-7-4-8-13(9-12)17-10-14-15-16-17/h1-10H. The van der Waals surface area contributed by atoms with Crippen LogP contribution in [-0.4, -0.2) is 20.2 Å². The molecule has 0 unspecified atom stereocenters. The molecule has 4 nitrogen and oxygen atoms in total. The van der Waals surface area contributed by atoms with Gasteiger partial charge in [-0.25, -0.2) is 4.68 Å². The van der Waals surface area contributed by atoms with Crippen molar-refractivity contribution in [3.05, 3.63) is 60.9 Å². The molecular weight excluding hydrogens is 212 g/mol. The Bertz CT molecular complexity index is 602. The van der Waals surface area contributed by atoms with Crippen LogP contribution >= 0.6 is 0 Å². The van der Waals surface area contributed by atoms with Crippen molar-refractivity contribution < 1.29 is 0 Å². The van der Waals surface area contributed by atoms with Crippen LogP contribution in [0.1, 0.15) is 0 Å². The molecule has 4 heteroatoms. The molecule has 0 aliphatic carbocycles. The van der Waals surface area contributed by atoms with E-state index in [-0.39, 0.29) is 0 Å². The lowest BCUT2D eigenvalue weighted by Crippen LogP contribution is -1.94. The molecule has 2 aromatic carbocycles. The molecule has 0 aliphatic heterocycles. The summed E-state index contributed by atoms with van der Waals surface area (Å²) in [7, 11) is 0. The largest absolute Gasteiger partial charge is 0.201 e. The molecule has 0 aliphatic rings. The number of aromatic nitrogens is 4. The van der Waals surface area contributed by atoms with E-state index in [2.05, 4.69) is 39.8 Å². The summed E-state index contributed by atoms with van der Waals surface area (Å²) >= 11 is 0. The van der Waals surface area contributed by atoms with Crippen molar-refractivity contribution in [1.82, 2.24) is 20.2 Å². The van der Waals surface area contributed by atoms with Gasteiger partial charge in [0.25, 0.3) is 0 Å². The van der Waals surface area contributed by atoms with E-state index in [0.29, 0.717) is 0 Å². The van der Waals surface area contributed by atoms with Crippen LogP contribution in [0, 0.1) is 0 Å². The highest BCUT2D eigenvalue weighted by atomic mass is 15.5. The first-order valence-electron chi connectivity index (χ1n) is 5.32. The summed E-state index contributed by atoms with van der Waals surface area (Å²) in [5.74, 6) is 0. The van der Waals surface area contributed by atoms with Crippen molar-refractivity contribution in [2.24, 2.45) is 0 Å². The zero-order valence-electron chi connectivity index (χ0n) is 9.06. The second kappa shape index (κ2) is 4.17. The Labute approximate surface area is 98.5 Å². The van der Waals surface area contributed by atoms with E-state index in [1.54, 1.807) is 11.0 Å². The van der Waals surface area contributed by atoms with Gasteiger partial charge in [0.1, 0.15) is 6.33 Å². The fraction of sp³-hybridized carbons (Fsp3) is 0. The lowest BCUT2D eigenvalue weighted by atomic mass is 10.1. The molecule has 0 saturated carbocycles. The molecule has 0 atom stereocenters. The molecular formula is C13H10N4. The fourth-order valence-electron chi connectivity index (χ4n) is 1.74. The maximum atomic E-state index is 3.88. The maximum Gasteiger partial charge on any atom is 0.143 e. The van der Waals surface area contributed by atoms with Crippen LogP contribution in [-0.2, 0) is 0 Å². The van der Waals surface area contributed by atoms with Crippen molar-refractivity contribution in [2.45, 2.75) is 0 Å². The highest BCUT2D eigenvalue weighted by Gasteiger charge is 2.01. The number of hydrogen-bond donors (Lipinski definition) is 0. The van der Waals surface area contributed by atoms with E-state index in [0.717, 1.165) is 11.3 Å². The van der Waals surface area contributed by atoms with E-state index in [1.807, 2.05) is 30.3 Å². The Kier molecular flexibility index (Phi) is 2.38. The van der Waals surface area contributed by atoms with E-state index in [4.69, 9.17) is 0 Å². The summed E-state index contributed by atoms with van der Waals surface area (Å²) in [6.45, 7) is 0. The van der Waals surface area contributed by atoms with Gasteiger partial charge < -0.3 is 0 Å². The van der Waals surface area contributed by atoms with E-state index >= 15 is 0 Å². The molecule has 0 amide bonds. The molecule has 3 aromatic rings. The monoisotopic (exact) mass is 222 g/mol. The van der Waals surface area contributed by atoms with E-state index in [1.165, 1.54) is 5.56 Å². The Morgan fingerprint density at radius 1 is 0.824 bits per heavy atom. The van der Waals surface area contributed by atoms with Crippen molar-refractivity contribution in [3.63, 3.8) is 0 Å². The Morgan fingerprint density at radius 2 is 1.65 bits per heavy atom. The highest BCUT2D eigenvalue weighted by molar-refractivity contribution is 5.65. The summed E-state index contributed by atoms with van der Waals surface area (Å²) < 4.78 is 1.65. The Hall–Kier alpha value is -2.49. The van der Waals surface area contributed by atoms with Gasteiger partial charge in [-0.1, -0.05) is 42.5 Å². The van der Waals surface area contributed by atoms with Crippen LogP contribution in [0.2, 0.25) is 0 Å². The third-order valence-corrected chi connectivity index (χ3v) is 2.57. The summed E-state index contributed by atoms with van der Waals surface area (Å²) in [6, 6.07) is 18.3. The van der Waals surface area contributed by atoms with Crippen molar-refractivity contribution >= 4 is 0 Å². The van der Waals surface area contributed by atoms with E-state index < -0.39 is 0 Å². The molecule has 3 rings (SSSR count). The topological polar surface area (TPSA) is 43.6 Å². The molecule has 0 bridgehead atoms. The van der Waals surface area contributed by atoms with Gasteiger partial charge in [0, 0.05) is 0 Å². The SMILES string of the molecule is c1ccc(-c2cccc(-n3cnnn3)c2)cc1. The number of rotatable bonds is 2. The lowest BCUT2D eigenvalue weighted by molar-refractivity contribution is 0.789. The number of tetrazole rings is 1. The van der Waals surface area contributed by atoms with Crippen LogP contribution in [0.15, 0.2) is 60.9 Å². The molecule has 1 aromatic heterocycles. The molecule has 1 heterocycles. The third kappa shape index (κ3) is 1.92.